The van der Waals surface area contributed by atoms with Crippen molar-refractivity contribution in [1.82, 2.24) is 0 Å². The topological polar surface area (TPSA) is 76.0 Å². The Morgan fingerprint density at radius 3 is 2.86 bits per heavy atom. The van der Waals surface area contributed by atoms with Gasteiger partial charge in [-0.1, -0.05) is 6.08 Å². The monoisotopic (exact) mass is 296 g/mol. The molecule has 2 N–H and O–H groups in total. The van der Waals surface area contributed by atoms with Crippen molar-refractivity contribution in [2.45, 2.75) is 56.8 Å². The molecule has 1 aliphatic heterocycles. The molecule has 118 valence electrons. The molecule has 2 aliphatic carbocycles. The lowest BCUT2D eigenvalue weighted by Gasteiger charge is -2.36. The average Bonchev–Trinajstić information content (AvgIpc) is 2.97. The minimum atomic E-state index is -1.56. The molecule has 2 fully saturated rings. The van der Waals surface area contributed by atoms with Crippen molar-refractivity contribution in [2.75, 3.05) is 13.7 Å². The third-order valence-corrected chi connectivity index (χ3v) is 5.60. The molecule has 5 heteroatoms. The van der Waals surface area contributed by atoms with Crippen molar-refractivity contribution in [1.29, 1.82) is 0 Å². The molecule has 1 saturated carbocycles. The van der Waals surface area contributed by atoms with Crippen LogP contribution in [-0.2, 0) is 14.3 Å². The maximum absolute atomic E-state index is 12.0. The van der Waals surface area contributed by atoms with E-state index in [-0.39, 0.29) is 11.3 Å². The lowest BCUT2D eigenvalue weighted by Crippen LogP contribution is -2.49. The molecular formula is C16H24O5. The van der Waals surface area contributed by atoms with Crippen molar-refractivity contribution in [3.63, 3.8) is 0 Å². The molecule has 1 saturated heterocycles. The van der Waals surface area contributed by atoms with Crippen LogP contribution < -0.4 is 0 Å². The first-order valence-corrected chi connectivity index (χ1v) is 7.58. The predicted octanol–water partition coefficient (Wildman–Crippen LogP) is 1.18. The highest BCUT2D eigenvalue weighted by molar-refractivity contribution is 5.80. The lowest BCUT2D eigenvalue weighted by atomic mass is 9.71. The summed E-state index contributed by atoms with van der Waals surface area (Å²) in [6.45, 7) is 4.11. The minimum absolute atomic E-state index is 0.0848. The number of carbonyl (C=O) groups is 1. The van der Waals surface area contributed by atoms with Crippen LogP contribution in [0.5, 0.6) is 0 Å². The second-order valence-corrected chi connectivity index (χ2v) is 7.30. The number of allylic oxidation sites excluding steroid dienone is 1. The molecule has 0 amide bonds. The Bertz CT molecular complexity index is 491. The van der Waals surface area contributed by atoms with Crippen molar-refractivity contribution in [2.24, 2.45) is 11.3 Å². The maximum atomic E-state index is 12.0. The van der Waals surface area contributed by atoms with Gasteiger partial charge in [0, 0.05) is 5.41 Å². The number of carbonyl (C=O) groups excluding carboxylic acids is 1. The smallest absolute Gasteiger partial charge is 0.340 e. The Morgan fingerprint density at radius 2 is 2.24 bits per heavy atom. The normalized spacial score (nSPS) is 42.2. The number of hydrogen-bond acceptors (Lipinski definition) is 5. The van der Waals surface area contributed by atoms with Gasteiger partial charge < -0.3 is 19.7 Å². The summed E-state index contributed by atoms with van der Waals surface area (Å²) < 4.78 is 10.6. The van der Waals surface area contributed by atoms with Gasteiger partial charge in [-0.15, -0.1) is 0 Å². The van der Waals surface area contributed by atoms with E-state index in [9.17, 15) is 15.0 Å². The fourth-order valence-corrected chi connectivity index (χ4v) is 4.45. The molecule has 1 spiro atoms. The van der Waals surface area contributed by atoms with Gasteiger partial charge >= 0.3 is 5.97 Å². The summed E-state index contributed by atoms with van der Waals surface area (Å²) in [4.78, 5) is 12.0. The van der Waals surface area contributed by atoms with Gasteiger partial charge in [0.1, 0.15) is 0 Å². The first-order chi connectivity index (χ1) is 9.73. The van der Waals surface area contributed by atoms with Crippen LogP contribution in [0.3, 0.4) is 0 Å². The SMILES string of the molecule is COC(=O)[C@]1(O)CC[C@@H]2C(C(C)(C)O)=CC[C@]23CO[C@H]1C3. The Morgan fingerprint density at radius 1 is 1.52 bits per heavy atom. The molecule has 0 aromatic rings. The summed E-state index contributed by atoms with van der Waals surface area (Å²) in [6.07, 6.45) is 4.07. The predicted molar refractivity (Wildman–Crippen MR) is 75.5 cm³/mol. The van der Waals surface area contributed by atoms with Crippen molar-refractivity contribution in [3.05, 3.63) is 11.6 Å². The van der Waals surface area contributed by atoms with Gasteiger partial charge in [0.15, 0.2) is 5.60 Å². The molecule has 3 rings (SSSR count). The lowest BCUT2D eigenvalue weighted by molar-refractivity contribution is -0.178. The van der Waals surface area contributed by atoms with E-state index in [4.69, 9.17) is 9.47 Å². The number of hydrogen-bond donors (Lipinski definition) is 2. The zero-order chi connectivity index (χ0) is 15.5. The summed E-state index contributed by atoms with van der Waals surface area (Å²) in [5.41, 5.74) is -1.51. The maximum Gasteiger partial charge on any atom is 0.340 e. The fraction of sp³-hybridized carbons (Fsp3) is 0.812. The molecule has 3 aliphatic rings. The van der Waals surface area contributed by atoms with E-state index in [1.807, 2.05) is 0 Å². The van der Waals surface area contributed by atoms with Crippen LogP contribution in [0, 0.1) is 11.3 Å². The van der Waals surface area contributed by atoms with E-state index in [0.29, 0.717) is 25.9 Å². The van der Waals surface area contributed by atoms with Gasteiger partial charge in [0.2, 0.25) is 0 Å². The summed E-state index contributed by atoms with van der Waals surface area (Å²) in [5.74, 6) is -0.459. The zero-order valence-corrected chi connectivity index (χ0v) is 12.9. The Hall–Kier alpha value is -0.910. The summed E-state index contributed by atoms with van der Waals surface area (Å²) >= 11 is 0. The van der Waals surface area contributed by atoms with Gasteiger partial charge in [0.05, 0.1) is 25.4 Å². The molecule has 21 heavy (non-hydrogen) atoms. The van der Waals surface area contributed by atoms with E-state index in [0.717, 1.165) is 12.0 Å². The summed E-state index contributed by atoms with van der Waals surface area (Å²) in [6, 6.07) is 0. The van der Waals surface area contributed by atoms with Crippen LogP contribution in [0.25, 0.3) is 0 Å². The highest BCUT2D eigenvalue weighted by Crippen LogP contribution is 2.58. The molecule has 2 bridgehead atoms. The van der Waals surface area contributed by atoms with Crippen LogP contribution in [-0.4, -0.2) is 47.2 Å². The second kappa shape index (κ2) is 4.54. The van der Waals surface area contributed by atoms with E-state index in [2.05, 4.69) is 6.08 Å². The Kier molecular flexibility index (Phi) is 3.24. The molecular weight excluding hydrogens is 272 g/mol. The van der Waals surface area contributed by atoms with Crippen LogP contribution in [0.2, 0.25) is 0 Å². The van der Waals surface area contributed by atoms with Gasteiger partial charge in [-0.2, -0.15) is 0 Å². The van der Waals surface area contributed by atoms with Gasteiger partial charge in [0.25, 0.3) is 0 Å². The molecule has 4 atom stereocenters. The van der Waals surface area contributed by atoms with Gasteiger partial charge in [-0.3, -0.25) is 0 Å². The van der Waals surface area contributed by atoms with E-state index < -0.39 is 23.3 Å². The number of esters is 1. The van der Waals surface area contributed by atoms with Crippen molar-refractivity contribution >= 4 is 5.97 Å². The third kappa shape index (κ3) is 2.05. The minimum Gasteiger partial charge on any atom is -0.467 e. The quantitative estimate of drug-likeness (QED) is 0.591. The van der Waals surface area contributed by atoms with Gasteiger partial charge in [-0.05, 0) is 51.0 Å². The second-order valence-electron chi connectivity index (χ2n) is 7.30. The molecule has 1 heterocycles. The highest BCUT2D eigenvalue weighted by atomic mass is 16.6. The molecule has 0 unspecified atom stereocenters. The van der Waals surface area contributed by atoms with E-state index in [1.165, 1.54) is 7.11 Å². The number of methoxy groups -OCH3 is 1. The third-order valence-electron chi connectivity index (χ3n) is 5.60. The van der Waals surface area contributed by atoms with Gasteiger partial charge in [-0.25, -0.2) is 4.79 Å². The van der Waals surface area contributed by atoms with Crippen molar-refractivity contribution in [3.8, 4) is 0 Å². The van der Waals surface area contributed by atoms with E-state index in [1.54, 1.807) is 13.8 Å². The fourth-order valence-electron chi connectivity index (χ4n) is 4.45. The van der Waals surface area contributed by atoms with Crippen molar-refractivity contribution < 1.29 is 24.5 Å². The van der Waals surface area contributed by atoms with Crippen LogP contribution in [0.15, 0.2) is 11.6 Å². The Balaban J connectivity index is 1.94. The first-order valence-electron chi connectivity index (χ1n) is 7.58. The molecule has 5 nitrogen and oxygen atoms in total. The molecule has 0 aromatic carbocycles. The number of rotatable bonds is 2. The summed E-state index contributed by atoms with van der Waals surface area (Å²) in [7, 11) is 1.29. The van der Waals surface area contributed by atoms with Crippen LogP contribution in [0.4, 0.5) is 0 Å². The summed E-state index contributed by atoms with van der Waals surface area (Å²) in [5, 5.41) is 21.2. The Labute approximate surface area is 124 Å². The van der Waals surface area contributed by atoms with Crippen LogP contribution >= 0.6 is 0 Å². The number of aliphatic hydroxyl groups is 2. The first kappa shape index (κ1) is 15.0. The number of ether oxygens (including phenoxy) is 2. The molecule has 0 aromatic heterocycles. The highest BCUT2D eigenvalue weighted by Gasteiger charge is 2.61. The van der Waals surface area contributed by atoms with Crippen LogP contribution in [0.1, 0.15) is 39.5 Å². The standard InChI is InChI=1S/C16H24O5/c1-14(2,18)10-4-6-15-8-12(21-9-15)16(19,13(17)20-3)7-5-11(10)15/h4,11-12,18-19H,5-9H2,1-3H3/t11-,12+,15+,16+/m1/s1. The molecule has 0 radical (unpaired) electrons. The number of fused-ring (bicyclic) bond motifs is 1. The average molecular weight is 296 g/mol. The largest absolute Gasteiger partial charge is 0.467 e. The zero-order valence-electron chi connectivity index (χ0n) is 12.9. The van der Waals surface area contributed by atoms with E-state index >= 15 is 0 Å².